The van der Waals surface area contributed by atoms with E-state index in [0.29, 0.717) is 12.6 Å². The van der Waals surface area contributed by atoms with Crippen LogP contribution in [0.1, 0.15) is 24.8 Å². The molecule has 112 valence electrons. The molecule has 5 nitrogen and oxygen atoms in total. The summed E-state index contributed by atoms with van der Waals surface area (Å²) in [7, 11) is 0. The number of nitrogens with one attached hydrogen (secondary N) is 2. The third-order valence-electron chi connectivity index (χ3n) is 3.09. The lowest BCUT2D eigenvalue weighted by Crippen LogP contribution is -2.29. The van der Waals surface area contributed by atoms with Crippen molar-refractivity contribution in [2.24, 2.45) is 0 Å². The summed E-state index contributed by atoms with van der Waals surface area (Å²) in [5, 5.41) is 14.2. The summed E-state index contributed by atoms with van der Waals surface area (Å²) >= 11 is 0. The molecule has 0 radical (unpaired) electrons. The van der Waals surface area contributed by atoms with Crippen molar-refractivity contribution in [3.8, 4) is 11.8 Å². The Morgan fingerprint density at radius 3 is 2.95 bits per heavy atom. The van der Waals surface area contributed by atoms with E-state index < -0.39 is 5.82 Å². The second-order valence-corrected chi connectivity index (χ2v) is 4.97. The fourth-order valence-corrected chi connectivity index (χ4v) is 1.77. The van der Waals surface area contributed by atoms with Crippen molar-refractivity contribution in [3.05, 3.63) is 29.6 Å². The molecule has 2 rings (SSSR count). The number of nitrogens with zero attached hydrogens (tertiary/aromatic N) is 1. The van der Waals surface area contributed by atoms with Crippen molar-refractivity contribution in [2.75, 3.05) is 13.2 Å². The number of rotatable bonds is 8. The smallest absolute Gasteiger partial charge is 0.257 e. The number of ether oxygens (including phenoxy) is 1. The third-order valence-corrected chi connectivity index (χ3v) is 3.09. The highest BCUT2D eigenvalue weighted by molar-refractivity contribution is 5.77. The Labute approximate surface area is 123 Å². The monoisotopic (exact) mass is 291 g/mol. The first-order valence-corrected chi connectivity index (χ1v) is 6.97. The molecule has 0 atom stereocenters. The summed E-state index contributed by atoms with van der Waals surface area (Å²) in [6, 6.07) is 7.21. The number of hydrogen-bond donors (Lipinski definition) is 2. The Morgan fingerprint density at radius 2 is 2.29 bits per heavy atom. The van der Waals surface area contributed by atoms with Crippen molar-refractivity contribution in [3.63, 3.8) is 0 Å². The molecule has 6 heteroatoms. The quantitative estimate of drug-likeness (QED) is 0.712. The van der Waals surface area contributed by atoms with Gasteiger partial charge >= 0.3 is 0 Å². The molecule has 1 aliphatic carbocycles. The van der Waals surface area contributed by atoms with E-state index >= 15 is 0 Å². The molecule has 1 fully saturated rings. The predicted octanol–water partition coefficient (Wildman–Crippen LogP) is 1.49. The molecule has 1 aromatic rings. The topological polar surface area (TPSA) is 74.2 Å². The average molecular weight is 291 g/mol. The van der Waals surface area contributed by atoms with E-state index in [1.807, 2.05) is 6.07 Å². The highest BCUT2D eigenvalue weighted by Gasteiger charge is 2.20. The third kappa shape index (κ3) is 5.40. The Kier molecular flexibility index (Phi) is 5.52. The van der Waals surface area contributed by atoms with Gasteiger partial charge in [0.05, 0.1) is 12.5 Å². The molecule has 1 aromatic carbocycles. The number of halogens is 1. The first kappa shape index (κ1) is 15.3. The fraction of sp³-hybridized carbons (Fsp3) is 0.467. The second kappa shape index (κ2) is 7.60. The van der Waals surface area contributed by atoms with Crippen LogP contribution < -0.4 is 15.4 Å². The van der Waals surface area contributed by atoms with Crippen molar-refractivity contribution in [1.29, 1.82) is 5.26 Å². The fourth-order valence-electron chi connectivity index (χ4n) is 1.77. The lowest BCUT2D eigenvalue weighted by atomic mass is 10.2. The predicted molar refractivity (Wildman–Crippen MR) is 75.0 cm³/mol. The highest BCUT2D eigenvalue weighted by Crippen LogP contribution is 2.21. The van der Waals surface area contributed by atoms with Crippen LogP contribution in [0.15, 0.2) is 18.2 Å². The molecule has 21 heavy (non-hydrogen) atoms. The van der Waals surface area contributed by atoms with Crippen molar-refractivity contribution in [1.82, 2.24) is 10.6 Å². The molecule has 1 saturated carbocycles. The van der Waals surface area contributed by atoms with Crippen LogP contribution in [0.25, 0.3) is 0 Å². The number of benzene rings is 1. The van der Waals surface area contributed by atoms with Gasteiger partial charge in [-0.3, -0.25) is 4.79 Å². The Balaban J connectivity index is 1.77. The Morgan fingerprint density at radius 1 is 1.48 bits per heavy atom. The largest absolute Gasteiger partial charge is 0.481 e. The van der Waals surface area contributed by atoms with E-state index in [2.05, 4.69) is 10.6 Å². The van der Waals surface area contributed by atoms with Crippen molar-refractivity contribution >= 4 is 5.91 Å². The van der Waals surface area contributed by atoms with E-state index in [1.54, 1.807) is 6.07 Å². The maximum absolute atomic E-state index is 13.8. The second-order valence-electron chi connectivity index (χ2n) is 4.97. The summed E-state index contributed by atoms with van der Waals surface area (Å²) in [4.78, 5) is 11.4. The zero-order valence-electron chi connectivity index (χ0n) is 11.7. The minimum absolute atomic E-state index is 0.0561. The van der Waals surface area contributed by atoms with E-state index in [9.17, 15) is 9.18 Å². The van der Waals surface area contributed by atoms with Gasteiger partial charge in [-0.2, -0.15) is 5.26 Å². The standard InChI is InChI=1S/C15H18FN3O2/c16-13-8-11(9-19-12-3-4-12)2-5-14(13)21-10-15(20)18-7-1-6-17/h2,5,8,12,19H,1,3-4,7,9-10H2,(H,18,20). The van der Waals surface area contributed by atoms with Gasteiger partial charge in [0, 0.05) is 19.1 Å². The van der Waals surface area contributed by atoms with Crippen molar-refractivity contribution < 1.29 is 13.9 Å². The van der Waals surface area contributed by atoms with Gasteiger partial charge in [-0.25, -0.2) is 4.39 Å². The lowest BCUT2D eigenvalue weighted by molar-refractivity contribution is -0.123. The summed E-state index contributed by atoms with van der Waals surface area (Å²) < 4.78 is 19.0. The Bertz CT molecular complexity index is 538. The molecule has 0 saturated heterocycles. The van der Waals surface area contributed by atoms with E-state index in [4.69, 9.17) is 10.00 Å². The van der Waals surface area contributed by atoms with Gasteiger partial charge in [-0.15, -0.1) is 0 Å². The Hall–Kier alpha value is -2.13. The molecule has 0 heterocycles. The van der Waals surface area contributed by atoms with Crippen LogP contribution in [-0.2, 0) is 11.3 Å². The summed E-state index contributed by atoms with van der Waals surface area (Å²) in [5.74, 6) is -0.792. The van der Waals surface area contributed by atoms with Gasteiger partial charge in [-0.1, -0.05) is 6.07 Å². The van der Waals surface area contributed by atoms with Gasteiger partial charge in [0.2, 0.25) is 0 Å². The van der Waals surface area contributed by atoms with Gasteiger partial charge in [0.25, 0.3) is 5.91 Å². The number of amides is 1. The van der Waals surface area contributed by atoms with E-state index in [1.165, 1.54) is 25.0 Å². The van der Waals surface area contributed by atoms with Crippen LogP contribution in [0, 0.1) is 17.1 Å². The first-order valence-electron chi connectivity index (χ1n) is 6.97. The van der Waals surface area contributed by atoms with Crippen molar-refractivity contribution in [2.45, 2.75) is 31.8 Å². The van der Waals surface area contributed by atoms with E-state index in [-0.39, 0.29) is 31.2 Å². The molecule has 0 bridgehead atoms. The molecule has 1 amide bonds. The molecular weight excluding hydrogens is 273 g/mol. The first-order chi connectivity index (χ1) is 10.2. The van der Waals surface area contributed by atoms with Crippen LogP contribution in [0.2, 0.25) is 0 Å². The number of hydrogen-bond acceptors (Lipinski definition) is 4. The van der Waals surface area contributed by atoms with Crippen LogP contribution in [-0.4, -0.2) is 25.1 Å². The van der Waals surface area contributed by atoms with E-state index in [0.717, 1.165) is 5.56 Å². The van der Waals surface area contributed by atoms with Crippen LogP contribution in [0.5, 0.6) is 5.75 Å². The highest BCUT2D eigenvalue weighted by atomic mass is 19.1. The zero-order valence-corrected chi connectivity index (χ0v) is 11.7. The van der Waals surface area contributed by atoms with Crippen LogP contribution >= 0.6 is 0 Å². The average Bonchev–Trinajstić information content (AvgIpc) is 3.28. The molecule has 1 aliphatic rings. The molecule has 2 N–H and O–H groups in total. The van der Waals surface area contributed by atoms with Gasteiger partial charge in [0.1, 0.15) is 0 Å². The number of carbonyl (C=O) groups is 1. The van der Waals surface area contributed by atoms with Crippen LogP contribution in [0.4, 0.5) is 4.39 Å². The molecule has 0 unspecified atom stereocenters. The maximum atomic E-state index is 13.8. The number of nitriles is 1. The van der Waals surface area contributed by atoms with Gasteiger partial charge < -0.3 is 15.4 Å². The zero-order chi connectivity index (χ0) is 15.1. The summed E-state index contributed by atoms with van der Waals surface area (Å²) in [6.45, 7) is 0.644. The maximum Gasteiger partial charge on any atom is 0.257 e. The van der Waals surface area contributed by atoms with Gasteiger partial charge in [0.15, 0.2) is 18.2 Å². The molecule has 0 spiro atoms. The number of carbonyl (C=O) groups excluding carboxylic acids is 1. The summed E-state index contributed by atoms with van der Waals surface area (Å²) in [5.41, 5.74) is 0.852. The van der Waals surface area contributed by atoms with Gasteiger partial charge in [-0.05, 0) is 30.5 Å². The molecule has 0 aromatic heterocycles. The summed E-state index contributed by atoms with van der Waals surface area (Å²) in [6.07, 6.45) is 2.61. The minimum Gasteiger partial charge on any atom is -0.481 e. The lowest BCUT2D eigenvalue weighted by Gasteiger charge is -2.09. The molecular formula is C15H18FN3O2. The minimum atomic E-state index is -0.477. The normalized spacial score (nSPS) is 13.5. The molecule has 0 aliphatic heterocycles. The SMILES string of the molecule is N#CCCNC(=O)COc1ccc(CNC2CC2)cc1F. The van der Waals surface area contributed by atoms with Crippen LogP contribution in [0.3, 0.4) is 0 Å².